The van der Waals surface area contributed by atoms with Crippen LogP contribution in [-0.4, -0.2) is 20.0 Å². The van der Waals surface area contributed by atoms with Gasteiger partial charge in [0.1, 0.15) is 0 Å². The van der Waals surface area contributed by atoms with Gasteiger partial charge in [-0.3, -0.25) is 0 Å². The lowest BCUT2D eigenvalue weighted by Crippen LogP contribution is -3.00. The van der Waals surface area contributed by atoms with E-state index in [1.54, 1.807) is 0 Å². The molecule has 0 fully saturated rings. The van der Waals surface area contributed by atoms with Crippen molar-refractivity contribution in [2.45, 2.75) is 12.1 Å². The van der Waals surface area contributed by atoms with Gasteiger partial charge in [-0.1, -0.05) is 36.4 Å². The van der Waals surface area contributed by atoms with Crippen molar-refractivity contribution >= 4 is 24.2 Å². The van der Waals surface area contributed by atoms with Gasteiger partial charge in [-0.05, 0) is 5.56 Å². The molecule has 17 heavy (non-hydrogen) atoms. The lowest BCUT2D eigenvalue weighted by Gasteiger charge is -2.23. The second-order valence-corrected chi connectivity index (χ2v) is 9.42. The van der Waals surface area contributed by atoms with Gasteiger partial charge >= 0.3 is 0 Å². The summed E-state index contributed by atoms with van der Waals surface area (Å²) in [6, 6.07) is 10.8. The molecule has 1 aromatic rings. The number of benzene rings is 1. The van der Waals surface area contributed by atoms with Gasteiger partial charge in [0.05, 0.1) is 5.66 Å². The van der Waals surface area contributed by atoms with Gasteiger partial charge in [0, 0.05) is 33.7 Å². The van der Waals surface area contributed by atoms with Crippen molar-refractivity contribution in [2.75, 3.05) is 20.0 Å². The van der Waals surface area contributed by atoms with Gasteiger partial charge in [0.2, 0.25) is 0 Å². The van der Waals surface area contributed by atoms with Crippen molar-refractivity contribution in [1.29, 1.82) is 0 Å². The van der Waals surface area contributed by atoms with Crippen molar-refractivity contribution in [3.05, 3.63) is 48.6 Å². The van der Waals surface area contributed by atoms with Gasteiger partial charge < -0.3 is 23.1 Å². The van der Waals surface area contributed by atoms with E-state index in [0.29, 0.717) is 5.66 Å². The predicted molar refractivity (Wildman–Crippen MR) is 84.0 cm³/mol. The Morgan fingerprint density at radius 3 is 2.00 bits per heavy atom. The van der Waals surface area contributed by atoms with Crippen molar-refractivity contribution < 1.29 is 17.0 Å². The molecule has 0 saturated carbocycles. The molecule has 1 atom stereocenters. The summed E-state index contributed by atoms with van der Waals surface area (Å²) in [5, 5.41) is 0. The molecule has 0 aromatic heterocycles. The first-order valence-corrected chi connectivity index (χ1v) is 8.22. The molecule has 1 aromatic carbocycles. The highest BCUT2D eigenvalue weighted by atomic mass is 79.9. The Kier molecular flexibility index (Phi) is 13.6. The quantitative estimate of drug-likeness (QED) is 0.625. The van der Waals surface area contributed by atoms with Crippen LogP contribution in [0.5, 0.6) is 0 Å². The number of rotatable bonds is 4. The number of hydrogen-bond acceptors (Lipinski definition) is 1. The molecule has 0 saturated heterocycles. The van der Waals surface area contributed by atoms with Gasteiger partial charge in [-0.2, -0.15) is 0 Å². The highest BCUT2D eigenvalue weighted by Crippen LogP contribution is 2.62. The van der Waals surface area contributed by atoms with E-state index in [9.17, 15) is 0 Å². The first-order valence-electron chi connectivity index (χ1n) is 5.02. The highest BCUT2D eigenvalue weighted by Gasteiger charge is 2.31. The maximum absolute atomic E-state index is 3.86. The highest BCUT2D eigenvalue weighted by molar-refractivity contribution is 8.93. The van der Waals surface area contributed by atoms with E-state index in [1.165, 1.54) is 5.56 Å². The predicted octanol–water partition coefficient (Wildman–Crippen LogP) is 1.95. The smallest absolute Gasteiger partial charge is 0.0971 e. The fraction of sp³-hybridized carbons (Fsp3) is 0.385. The Morgan fingerprint density at radius 1 is 1.18 bits per heavy atom. The van der Waals surface area contributed by atoms with Crippen LogP contribution in [0.15, 0.2) is 43.0 Å². The lowest BCUT2D eigenvalue weighted by molar-refractivity contribution is -0.00000374. The van der Waals surface area contributed by atoms with Crippen LogP contribution in [0.2, 0.25) is 0 Å². The maximum atomic E-state index is 3.86. The number of halogens is 2. The molecule has 0 aliphatic carbocycles. The van der Waals surface area contributed by atoms with E-state index in [1.807, 2.05) is 6.08 Å². The van der Waals surface area contributed by atoms with Crippen LogP contribution in [0.3, 0.4) is 0 Å². The van der Waals surface area contributed by atoms with Crippen LogP contribution in [0, 0.1) is 0 Å². The second kappa shape index (κ2) is 10.3. The molecule has 1 unspecified atom stereocenters. The van der Waals surface area contributed by atoms with Crippen LogP contribution < -0.4 is 23.1 Å². The zero-order chi connectivity index (χ0) is 10.6. The fourth-order valence-corrected chi connectivity index (χ4v) is 3.58. The van der Waals surface area contributed by atoms with Crippen molar-refractivity contribution in [3.63, 3.8) is 0 Å². The minimum atomic E-state index is -0.836. The molecular formula is C13H24Br2NP. The van der Waals surface area contributed by atoms with Crippen LogP contribution in [0.4, 0.5) is 0 Å². The molecule has 100 valence electrons. The minimum absolute atomic E-state index is 0. The molecular weight excluding hydrogens is 361 g/mol. The van der Waals surface area contributed by atoms with Crippen LogP contribution in [0.1, 0.15) is 17.6 Å². The Balaban J connectivity index is -0.000000653. The number of hydrogen-bond donors (Lipinski definition) is 1. The summed E-state index contributed by atoms with van der Waals surface area (Å²) in [5.74, 6) is 0. The molecule has 0 amide bonds. The third-order valence-corrected chi connectivity index (χ3v) is 4.89. The van der Waals surface area contributed by atoms with Crippen molar-refractivity contribution in [2.24, 2.45) is 0 Å². The maximum Gasteiger partial charge on any atom is 0.0971 e. The molecule has 0 spiro atoms. The van der Waals surface area contributed by atoms with Crippen molar-refractivity contribution in [1.82, 2.24) is 6.15 Å². The summed E-state index contributed by atoms with van der Waals surface area (Å²) in [5.41, 5.74) is 2.15. The van der Waals surface area contributed by atoms with Crippen LogP contribution in [0.25, 0.3) is 0 Å². The fourth-order valence-electron chi connectivity index (χ4n) is 1.73. The summed E-state index contributed by atoms with van der Waals surface area (Å²) in [6.07, 6.45) is 3.14. The molecule has 3 N–H and O–H groups in total. The van der Waals surface area contributed by atoms with Gasteiger partial charge in [0.15, 0.2) is 0 Å². The average Bonchev–Trinajstić information content (AvgIpc) is 2.14. The van der Waals surface area contributed by atoms with E-state index >= 15 is 0 Å². The first-order chi connectivity index (χ1) is 6.55. The normalized spacial score (nSPS) is 11.2. The summed E-state index contributed by atoms with van der Waals surface area (Å²) in [4.78, 5) is 0. The largest absolute Gasteiger partial charge is 1.00 e. The molecule has 4 heteroatoms. The topological polar surface area (TPSA) is 35.0 Å². The Labute approximate surface area is 128 Å². The molecule has 0 aliphatic rings. The van der Waals surface area contributed by atoms with E-state index in [-0.39, 0.29) is 40.1 Å². The van der Waals surface area contributed by atoms with E-state index in [0.717, 1.165) is 6.42 Å². The summed E-state index contributed by atoms with van der Waals surface area (Å²) in [7, 11) is -0.836. The van der Waals surface area contributed by atoms with Crippen LogP contribution >= 0.6 is 24.2 Å². The first kappa shape index (κ1) is 22.5. The van der Waals surface area contributed by atoms with Gasteiger partial charge in [-0.25, -0.2) is 0 Å². The third-order valence-electron chi connectivity index (χ3n) is 2.51. The molecule has 0 bridgehead atoms. The van der Waals surface area contributed by atoms with Crippen molar-refractivity contribution in [3.8, 4) is 0 Å². The molecule has 0 heterocycles. The average molecular weight is 385 g/mol. The van der Waals surface area contributed by atoms with E-state index in [4.69, 9.17) is 0 Å². The standard InChI is InChI=1S/C13H20P.2BrH.H3N/c1-5-9-13(14(2,3)4)12-10-7-6-8-11-12;;;/h5-8,10-11,13H,1,9H2,2-4H3;2*1H;1H3/q+1;;;/p-1. The SMILES string of the molecule is Br.C=CCC(c1ccccc1)[P+](C)(C)C.N.[Br-]. The molecule has 1 nitrogen and oxygen atoms in total. The summed E-state index contributed by atoms with van der Waals surface area (Å²) in [6.45, 7) is 11.0. The van der Waals surface area contributed by atoms with Crippen LogP contribution in [-0.2, 0) is 0 Å². The molecule has 0 aliphatic heterocycles. The Morgan fingerprint density at radius 2 is 1.65 bits per heavy atom. The third kappa shape index (κ3) is 7.35. The zero-order valence-corrected chi connectivity index (χ0v) is 15.1. The molecule has 0 radical (unpaired) electrons. The Bertz CT molecular complexity index is 296. The number of allylic oxidation sites excluding steroid dienone is 1. The van der Waals surface area contributed by atoms with Gasteiger partial charge in [-0.15, -0.1) is 23.6 Å². The van der Waals surface area contributed by atoms with E-state index < -0.39 is 7.26 Å². The lowest BCUT2D eigenvalue weighted by atomic mass is 10.1. The second-order valence-electron chi connectivity index (χ2n) is 4.57. The Hall–Kier alpha value is 0.310. The zero-order valence-electron chi connectivity index (χ0n) is 10.9. The molecule has 1 rings (SSSR count). The summed E-state index contributed by atoms with van der Waals surface area (Å²) >= 11 is 0. The monoisotopic (exact) mass is 383 g/mol. The van der Waals surface area contributed by atoms with Gasteiger partial charge in [0.25, 0.3) is 0 Å². The van der Waals surface area contributed by atoms with E-state index in [2.05, 4.69) is 56.9 Å². The summed E-state index contributed by atoms with van der Waals surface area (Å²) < 4.78 is 0. The minimum Gasteiger partial charge on any atom is -1.00 e.